The van der Waals surface area contributed by atoms with E-state index in [4.69, 9.17) is 37.0 Å². The van der Waals surface area contributed by atoms with Crippen LogP contribution in [0.25, 0.3) is 0 Å². The zero-order chi connectivity index (χ0) is 71.8. The molecular formula is C79H132O17P2. The van der Waals surface area contributed by atoms with Crippen LogP contribution in [0, 0.1) is 0 Å². The van der Waals surface area contributed by atoms with Crippen molar-refractivity contribution < 1.29 is 80.2 Å². The lowest BCUT2D eigenvalue weighted by Crippen LogP contribution is -2.30. The molecule has 0 heterocycles. The molecule has 0 fully saturated rings. The number of hydrogen-bond acceptors (Lipinski definition) is 15. The molecule has 0 aliphatic carbocycles. The van der Waals surface area contributed by atoms with Gasteiger partial charge < -0.3 is 33.8 Å². The topological polar surface area (TPSA) is 237 Å². The van der Waals surface area contributed by atoms with Crippen LogP contribution >= 0.6 is 15.6 Å². The molecule has 0 bridgehead atoms. The standard InChI is InChI=1S/C79H132O17P2/c1-5-9-13-17-21-25-29-32-35-36-39-41-45-48-52-56-60-64-77(82)90-70-75(96-79(84)66-62-58-54-50-46-42-38-34-31-27-23-19-15-11-7-3)72-94-98(87,88)92-68-73(80)67-91-97(85,86)93-71-74(95-78(83)65-61-57-53-49-43-28-24-20-16-12-8-4)69-89-76(81)63-59-55-51-47-44-40-37-33-30-26-22-18-14-10-6-2/h9-11,13-15,20-27,32-35,37-38,44,47,73-75,80H,5-8,12,16-19,28-31,36,39-43,45-46,48-72H2,1-4H3,(H,85,86)(H,87,88)/b13-9-,14-10-,15-11-,24-20-,25-21-,26-22-,27-23-,35-32-,37-33-,38-34-,47-44-. The third-order valence-corrected chi connectivity index (χ3v) is 17.0. The fraction of sp³-hybridized carbons (Fsp3) is 0.671. The van der Waals surface area contributed by atoms with Crippen molar-refractivity contribution in [3.05, 3.63) is 134 Å². The SMILES string of the molecule is CC/C=C\C/C=C\C/C=C\C/C=C\CCCCC(=O)OCC(COP(=O)(O)OCC(O)COP(=O)(O)OCC(COC(=O)CCCCCCCCC/C=C\C/C=C\C/C=C\CC)OC(=O)CCCCCCC/C=C\C/C=C\C/C=C\CC)OC(=O)CCCCCCC/C=C\CCCC. The molecule has 98 heavy (non-hydrogen) atoms. The minimum atomic E-state index is -4.99. The van der Waals surface area contributed by atoms with Crippen LogP contribution in [0.3, 0.4) is 0 Å². The monoisotopic (exact) mass is 1410 g/mol. The zero-order valence-electron chi connectivity index (χ0n) is 60.9. The molecule has 5 unspecified atom stereocenters. The van der Waals surface area contributed by atoms with E-state index >= 15 is 0 Å². The van der Waals surface area contributed by atoms with E-state index in [2.05, 4.69) is 161 Å². The number of hydrogen-bond donors (Lipinski definition) is 3. The molecule has 0 aliphatic rings. The highest BCUT2D eigenvalue weighted by Crippen LogP contribution is 2.45. The number of rotatable bonds is 69. The van der Waals surface area contributed by atoms with Crippen molar-refractivity contribution in [2.75, 3.05) is 39.6 Å². The van der Waals surface area contributed by atoms with Crippen LogP contribution in [-0.4, -0.2) is 96.7 Å². The summed E-state index contributed by atoms with van der Waals surface area (Å²) >= 11 is 0. The Kier molecular flexibility index (Phi) is 67.2. The van der Waals surface area contributed by atoms with Crippen molar-refractivity contribution in [3.63, 3.8) is 0 Å². The quantitative estimate of drug-likeness (QED) is 0.0169. The molecule has 5 atom stereocenters. The van der Waals surface area contributed by atoms with Crippen molar-refractivity contribution in [3.8, 4) is 0 Å². The number of carbonyl (C=O) groups excluding carboxylic acids is 4. The maximum absolute atomic E-state index is 13.1. The van der Waals surface area contributed by atoms with Crippen molar-refractivity contribution in [1.82, 2.24) is 0 Å². The highest BCUT2D eigenvalue weighted by molar-refractivity contribution is 7.47. The van der Waals surface area contributed by atoms with E-state index in [1.165, 1.54) is 12.8 Å². The lowest BCUT2D eigenvalue weighted by Gasteiger charge is -2.21. The number of aliphatic hydroxyl groups excluding tert-OH is 1. The number of allylic oxidation sites excluding steroid dienone is 22. The summed E-state index contributed by atoms with van der Waals surface area (Å²) in [7, 11) is -9.97. The Morgan fingerprint density at radius 1 is 0.296 bits per heavy atom. The molecule has 0 aliphatic heterocycles. The van der Waals surface area contributed by atoms with E-state index in [9.17, 15) is 43.2 Å². The first-order valence-electron chi connectivity index (χ1n) is 37.4. The highest BCUT2D eigenvalue weighted by atomic mass is 31.2. The van der Waals surface area contributed by atoms with Crippen molar-refractivity contribution >= 4 is 39.5 Å². The summed E-state index contributed by atoms with van der Waals surface area (Å²) in [5, 5.41) is 10.6. The van der Waals surface area contributed by atoms with Gasteiger partial charge in [-0.15, -0.1) is 0 Å². The average Bonchev–Trinajstić information content (AvgIpc) is 0.985. The molecule has 0 aromatic heterocycles. The number of phosphoric ester groups is 2. The van der Waals surface area contributed by atoms with Gasteiger partial charge in [-0.2, -0.15) is 0 Å². The normalized spacial score (nSPS) is 14.7. The summed E-state index contributed by atoms with van der Waals surface area (Å²) in [5.74, 6) is -2.27. The van der Waals surface area contributed by atoms with Gasteiger partial charge in [-0.3, -0.25) is 37.3 Å². The van der Waals surface area contributed by atoms with Crippen molar-refractivity contribution in [2.24, 2.45) is 0 Å². The molecule has 0 saturated carbocycles. The fourth-order valence-corrected chi connectivity index (χ4v) is 11.0. The molecule has 17 nitrogen and oxygen atoms in total. The van der Waals surface area contributed by atoms with Gasteiger partial charge in [0.25, 0.3) is 0 Å². The summed E-state index contributed by atoms with van der Waals surface area (Å²) < 4.78 is 68.3. The number of carbonyl (C=O) groups is 4. The second-order valence-electron chi connectivity index (χ2n) is 24.4. The Labute approximate surface area is 593 Å². The van der Waals surface area contributed by atoms with E-state index in [1.54, 1.807) is 0 Å². The van der Waals surface area contributed by atoms with Gasteiger partial charge in [0.2, 0.25) is 0 Å². The molecule has 0 spiro atoms. The van der Waals surface area contributed by atoms with Gasteiger partial charge in [-0.25, -0.2) is 9.13 Å². The minimum Gasteiger partial charge on any atom is -0.462 e. The average molecular weight is 1420 g/mol. The van der Waals surface area contributed by atoms with Crippen LogP contribution in [0.15, 0.2) is 134 Å². The predicted molar refractivity (Wildman–Crippen MR) is 399 cm³/mol. The summed E-state index contributed by atoms with van der Waals surface area (Å²) in [6.45, 7) is 4.39. The van der Waals surface area contributed by atoms with Gasteiger partial charge in [-0.05, 0) is 148 Å². The molecular weight excluding hydrogens is 1280 g/mol. The van der Waals surface area contributed by atoms with Crippen LogP contribution in [-0.2, 0) is 65.4 Å². The Morgan fingerprint density at radius 3 is 0.847 bits per heavy atom. The fourth-order valence-electron chi connectivity index (χ4n) is 9.45. The van der Waals surface area contributed by atoms with Crippen LogP contribution in [0.5, 0.6) is 0 Å². The summed E-state index contributed by atoms with van der Waals surface area (Å²) in [5.41, 5.74) is 0. The second kappa shape index (κ2) is 70.6. The molecule has 560 valence electrons. The highest BCUT2D eigenvalue weighted by Gasteiger charge is 2.30. The van der Waals surface area contributed by atoms with E-state index in [0.717, 1.165) is 193 Å². The van der Waals surface area contributed by atoms with Gasteiger partial charge in [0, 0.05) is 25.7 Å². The predicted octanol–water partition coefficient (Wildman–Crippen LogP) is 21.3. The van der Waals surface area contributed by atoms with E-state index in [0.29, 0.717) is 25.7 Å². The van der Waals surface area contributed by atoms with Gasteiger partial charge >= 0.3 is 39.5 Å². The number of esters is 4. The molecule has 0 amide bonds. The zero-order valence-corrected chi connectivity index (χ0v) is 62.7. The van der Waals surface area contributed by atoms with Gasteiger partial charge in [-0.1, -0.05) is 245 Å². The molecule has 0 aromatic carbocycles. The lowest BCUT2D eigenvalue weighted by molar-refractivity contribution is -0.161. The first-order chi connectivity index (χ1) is 47.7. The molecule has 0 saturated heterocycles. The molecule has 0 aromatic rings. The first-order valence-corrected chi connectivity index (χ1v) is 40.4. The van der Waals surface area contributed by atoms with Gasteiger partial charge in [0.15, 0.2) is 12.2 Å². The summed E-state index contributed by atoms with van der Waals surface area (Å²) in [6.07, 6.45) is 77.4. The van der Waals surface area contributed by atoms with Gasteiger partial charge in [0.1, 0.15) is 19.3 Å². The molecule has 3 N–H and O–H groups in total. The smallest absolute Gasteiger partial charge is 0.462 e. The van der Waals surface area contributed by atoms with Crippen molar-refractivity contribution in [1.29, 1.82) is 0 Å². The Balaban J connectivity index is 5.39. The van der Waals surface area contributed by atoms with Gasteiger partial charge in [0.05, 0.1) is 26.4 Å². The lowest BCUT2D eigenvalue weighted by atomic mass is 10.1. The van der Waals surface area contributed by atoms with E-state index in [-0.39, 0.29) is 25.7 Å². The first kappa shape index (κ1) is 93.2. The number of aliphatic hydroxyl groups is 1. The largest absolute Gasteiger partial charge is 0.472 e. The van der Waals surface area contributed by atoms with Crippen LogP contribution in [0.4, 0.5) is 0 Å². The Bertz CT molecular complexity index is 2380. The second-order valence-corrected chi connectivity index (χ2v) is 27.3. The maximum Gasteiger partial charge on any atom is 0.472 e. The van der Waals surface area contributed by atoms with Crippen molar-refractivity contribution in [2.45, 2.75) is 303 Å². The molecule has 0 rings (SSSR count). The molecule has 19 heteroatoms. The van der Waals surface area contributed by atoms with E-state index < -0.39 is 97.5 Å². The summed E-state index contributed by atoms with van der Waals surface area (Å²) in [6, 6.07) is 0. The molecule has 0 radical (unpaired) electrons. The van der Waals surface area contributed by atoms with Crippen LogP contribution in [0.1, 0.15) is 285 Å². The minimum absolute atomic E-state index is 0.0691. The number of ether oxygens (including phenoxy) is 4. The number of unbranched alkanes of at least 4 members (excludes halogenated alkanes) is 21. The Morgan fingerprint density at radius 2 is 0.531 bits per heavy atom. The Hall–Kier alpha value is -4.80. The number of phosphoric acid groups is 2. The third kappa shape index (κ3) is 69.7. The third-order valence-electron chi connectivity index (χ3n) is 15.1. The van der Waals surface area contributed by atoms with Crippen LogP contribution in [0.2, 0.25) is 0 Å². The summed E-state index contributed by atoms with van der Waals surface area (Å²) in [4.78, 5) is 72.8. The van der Waals surface area contributed by atoms with E-state index in [1.807, 2.05) is 0 Å². The van der Waals surface area contributed by atoms with Crippen LogP contribution < -0.4 is 0 Å². The maximum atomic E-state index is 13.1.